The first-order valence-corrected chi connectivity index (χ1v) is 7.94. The van der Waals surface area contributed by atoms with Gasteiger partial charge in [0.15, 0.2) is 11.7 Å². The van der Waals surface area contributed by atoms with Crippen LogP contribution in [0, 0.1) is 12.8 Å². The zero-order valence-corrected chi connectivity index (χ0v) is 13.9. The van der Waals surface area contributed by atoms with E-state index in [0.717, 1.165) is 5.56 Å². The van der Waals surface area contributed by atoms with E-state index in [1.807, 2.05) is 31.2 Å². The van der Waals surface area contributed by atoms with Crippen LogP contribution in [0.25, 0.3) is 11.3 Å². The summed E-state index contributed by atoms with van der Waals surface area (Å²) in [6.07, 6.45) is 2.37. The molecule has 0 spiro atoms. The lowest BCUT2D eigenvalue weighted by atomic mass is 10.1. The van der Waals surface area contributed by atoms with Crippen LogP contribution < -0.4 is 5.32 Å². The number of aliphatic carboxylic acids is 1. The van der Waals surface area contributed by atoms with Crippen LogP contribution in [-0.4, -0.2) is 28.5 Å². The monoisotopic (exact) mass is 330 g/mol. The number of benzene rings is 1. The van der Waals surface area contributed by atoms with E-state index in [4.69, 9.17) is 9.52 Å². The summed E-state index contributed by atoms with van der Waals surface area (Å²) >= 11 is 0. The largest absolute Gasteiger partial charge is 0.481 e. The van der Waals surface area contributed by atoms with E-state index in [0.29, 0.717) is 24.6 Å². The van der Waals surface area contributed by atoms with Crippen molar-refractivity contribution in [2.24, 2.45) is 5.92 Å². The Kier molecular flexibility index (Phi) is 6.12. The van der Waals surface area contributed by atoms with E-state index < -0.39 is 5.97 Å². The van der Waals surface area contributed by atoms with Gasteiger partial charge in [-0.1, -0.05) is 36.8 Å². The minimum absolute atomic E-state index is 0.0416. The van der Waals surface area contributed by atoms with Gasteiger partial charge in [-0.3, -0.25) is 9.59 Å². The smallest absolute Gasteiger partial charge is 0.303 e. The summed E-state index contributed by atoms with van der Waals surface area (Å²) < 4.78 is 5.67. The first-order chi connectivity index (χ1) is 11.4. The summed E-state index contributed by atoms with van der Waals surface area (Å²) in [5, 5.41) is 11.4. The Morgan fingerprint density at radius 1 is 1.29 bits per heavy atom. The number of nitrogens with zero attached hydrogens (tertiary/aromatic N) is 1. The number of hydrogen-bond acceptors (Lipinski definition) is 4. The average Bonchev–Trinajstić information content (AvgIpc) is 3.00. The van der Waals surface area contributed by atoms with E-state index in [9.17, 15) is 9.59 Å². The van der Waals surface area contributed by atoms with Crippen LogP contribution in [0.3, 0.4) is 0 Å². The number of aryl methyl sites for hydroxylation is 2. The second-order valence-corrected chi connectivity index (χ2v) is 5.99. The van der Waals surface area contributed by atoms with Crippen molar-refractivity contribution in [3.8, 4) is 11.3 Å². The van der Waals surface area contributed by atoms with Crippen molar-refractivity contribution in [1.82, 2.24) is 10.3 Å². The first kappa shape index (κ1) is 17.7. The molecule has 6 heteroatoms. The molecule has 1 aromatic heterocycles. The number of carbonyl (C=O) groups excluding carboxylic acids is 1. The third-order valence-electron chi connectivity index (χ3n) is 3.63. The standard InChI is InChI=1S/C18H22N2O4/c1-12-3-5-14(6-4-12)15-11-20-17(24-15)8-7-16(21)19-10-13(2)9-18(22)23/h3-6,11,13H,7-10H2,1-2H3,(H,19,21)(H,22,23). The van der Waals surface area contributed by atoms with Gasteiger partial charge in [-0.2, -0.15) is 0 Å². The molecule has 128 valence electrons. The van der Waals surface area contributed by atoms with Crippen molar-refractivity contribution in [2.75, 3.05) is 6.54 Å². The first-order valence-electron chi connectivity index (χ1n) is 7.94. The lowest BCUT2D eigenvalue weighted by Gasteiger charge is -2.09. The second kappa shape index (κ2) is 8.29. The van der Waals surface area contributed by atoms with Crippen molar-refractivity contribution in [2.45, 2.75) is 33.1 Å². The summed E-state index contributed by atoms with van der Waals surface area (Å²) in [6.45, 7) is 4.16. The predicted molar refractivity (Wildman–Crippen MR) is 89.4 cm³/mol. The number of carbonyl (C=O) groups is 2. The van der Waals surface area contributed by atoms with Gasteiger partial charge in [-0.15, -0.1) is 0 Å². The number of nitrogens with one attached hydrogen (secondary N) is 1. The summed E-state index contributed by atoms with van der Waals surface area (Å²) in [4.78, 5) is 26.6. The van der Waals surface area contributed by atoms with Crippen molar-refractivity contribution < 1.29 is 19.1 Å². The molecular formula is C18H22N2O4. The maximum Gasteiger partial charge on any atom is 0.303 e. The predicted octanol–water partition coefficient (Wildman–Crippen LogP) is 2.81. The molecule has 0 aliphatic carbocycles. The zero-order valence-electron chi connectivity index (χ0n) is 13.9. The van der Waals surface area contributed by atoms with Crippen LogP contribution in [-0.2, 0) is 16.0 Å². The number of hydrogen-bond donors (Lipinski definition) is 2. The lowest BCUT2D eigenvalue weighted by Crippen LogP contribution is -2.29. The second-order valence-electron chi connectivity index (χ2n) is 5.99. The molecule has 6 nitrogen and oxygen atoms in total. The van der Waals surface area contributed by atoms with Crippen LogP contribution >= 0.6 is 0 Å². The van der Waals surface area contributed by atoms with Crippen LogP contribution in [0.15, 0.2) is 34.9 Å². The molecule has 0 saturated heterocycles. The van der Waals surface area contributed by atoms with E-state index in [-0.39, 0.29) is 24.7 Å². The molecule has 0 aliphatic heterocycles. The van der Waals surface area contributed by atoms with Gasteiger partial charge in [0.2, 0.25) is 5.91 Å². The van der Waals surface area contributed by atoms with E-state index in [1.165, 1.54) is 5.56 Å². The Morgan fingerprint density at radius 3 is 2.67 bits per heavy atom. The fourth-order valence-corrected chi connectivity index (χ4v) is 2.24. The molecule has 2 N–H and O–H groups in total. The number of carboxylic acid groups (broad SMARTS) is 1. The van der Waals surface area contributed by atoms with Crippen molar-refractivity contribution in [3.63, 3.8) is 0 Å². The zero-order chi connectivity index (χ0) is 17.5. The Labute approximate surface area is 140 Å². The molecule has 2 aromatic rings. The molecule has 0 bridgehead atoms. The van der Waals surface area contributed by atoms with Crippen LogP contribution in [0.1, 0.15) is 31.2 Å². The number of amides is 1. The summed E-state index contributed by atoms with van der Waals surface area (Å²) in [5.41, 5.74) is 2.12. The Bertz CT molecular complexity index is 691. The number of oxazole rings is 1. The Hall–Kier alpha value is -2.63. The molecule has 0 radical (unpaired) electrons. The molecule has 1 unspecified atom stereocenters. The van der Waals surface area contributed by atoms with Crippen LogP contribution in [0.4, 0.5) is 0 Å². The molecule has 0 saturated carbocycles. The van der Waals surface area contributed by atoms with Gasteiger partial charge in [0.05, 0.1) is 6.20 Å². The number of aromatic nitrogens is 1. The summed E-state index contributed by atoms with van der Waals surface area (Å²) in [5.74, 6) is 0.101. The summed E-state index contributed by atoms with van der Waals surface area (Å²) in [6, 6.07) is 7.94. The highest BCUT2D eigenvalue weighted by Gasteiger charge is 2.11. The maximum atomic E-state index is 11.8. The van der Waals surface area contributed by atoms with E-state index >= 15 is 0 Å². The topological polar surface area (TPSA) is 92.4 Å². The van der Waals surface area contributed by atoms with Gasteiger partial charge in [0, 0.05) is 31.4 Å². The molecule has 2 rings (SSSR count). The van der Waals surface area contributed by atoms with Gasteiger partial charge < -0.3 is 14.8 Å². The quantitative estimate of drug-likeness (QED) is 0.776. The van der Waals surface area contributed by atoms with Gasteiger partial charge in [0.1, 0.15) is 0 Å². The average molecular weight is 330 g/mol. The highest BCUT2D eigenvalue weighted by Crippen LogP contribution is 2.21. The molecular weight excluding hydrogens is 308 g/mol. The normalized spacial score (nSPS) is 11.9. The summed E-state index contributed by atoms with van der Waals surface area (Å²) in [7, 11) is 0. The molecule has 1 heterocycles. The highest BCUT2D eigenvalue weighted by molar-refractivity contribution is 5.76. The number of rotatable bonds is 8. The molecule has 24 heavy (non-hydrogen) atoms. The van der Waals surface area contributed by atoms with Crippen LogP contribution in [0.2, 0.25) is 0 Å². The SMILES string of the molecule is Cc1ccc(-c2cnc(CCC(=O)NCC(C)CC(=O)O)o2)cc1. The molecule has 1 amide bonds. The lowest BCUT2D eigenvalue weighted by molar-refractivity contribution is -0.138. The third-order valence-corrected chi connectivity index (χ3v) is 3.63. The fraction of sp³-hybridized carbons (Fsp3) is 0.389. The Balaban J connectivity index is 1.79. The number of carboxylic acids is 1. The van der Waals surface area contributed by atoms with E-state index in [2.05, 4.69) is 10.3 Å². The van der Waals surface area contributed by atoms with Gasteiger partial charge >= 0.3 is 5.97 Å². The van der Waals surface area contributed by atoms with Crippen molar-refractivity contribution in [3.05, 3.63) is 41.9 Å². The Morgan fingerprint density at radius 2 is 2.00 bits per heavy atom. The molecule has 0 aliphatic rings. The molecule has 1 atom stereocenters. The minimum atomic E-state index is -0.861. The maximum absolute atomic E-state index is 11.8. The highest BCUT2D eigenvalue weighted by atomic mass is 16.4. The third kappa shape index (κ3) is 5.53. The van der Waals surface area contributed by atoms with Gasteiger partial charge in [-0.25, -0.2) is 4.98 Å². The minimum Gasteiger partial charge on any atom is -0.481 e. The molecule has 1 aromatic carbocycles. The van der Waals surface area contributed by atoms with Crippen molar-refractivity contribution in [1.29, 1.82) is 0 Å². The van der Waals surface area contributed by atoms with Crippen LogP contribution in [0.5, 0.6) is 0 Å². The van der Waals surface area contributed by atoms with Crippen molar-refractivity contribution >= 4 is 11.9 Å². The van der Waals surface area contributed by atoms with E-state index in [1.54, 1.807) is 13.1 Å². The fourth-order valence-electron chi connectivity index (χ4n) is 2.24. The molecule has 0 fully saturated rings. The van der Waals surface area contributed by atoms with Gasteiger partial charge in [-0.05, 0) is 12.8 Å². The van der Waals surface area contributed by atoms with Gasteiger partial charge in [0.25, 0.3) is 0 Å².